The standard InChI is InChI=1S/C11H13N5O/c1-15(2)11(17)14-9-7-13-16(8-9)10-3-5-12-6-4-10/h3-8H,1-2H3,(H,14,17). The average molecular weight is 231 g/mol. The fraction of sp³-hybridized carbons (Fsp3) is 0.182. The number of nitrogens with zero attached hydrogens (tertiary/aromatic N) is 4. The van der Waals surface area contributed by atoms with Crippen LogP contribution in [0.1, 0.15) is 0 Å². The Morgan fingerprint density at radius 2 is 2.06 bits per heavy atom. The lowest BCUT2D eigenvalue weighted by Crippen LogP contribution is -2.27. The van der Waals surface area contributed by atoms with E-state index in [1.165, 1.54) is 4.90 Å². The van der Waals surface area contributed by atoms with E-state index in [1.54, 1.807) is 43.6 Å². The first-order valence-corrected chi connectivity index (χ1v) is 5.10. The molecule has 0 atom stereocenters. The summed E-state index contributed by atoms with van der Waals surface area (Å²) in [4.78, 5) is 16.8. The molecule has 6 heteroatoms. The summed E-state index contributed by atoms with van der Waals surface area (Å²) in [7, 11) is 3.37. The van der Waals surface area contributed by atoms with Crippen molar-refractivity contribution in [3.05, 3.63) is 36.9 Å². The maximum absolute atomic E-state index is 11.4. The van der Waals surface area contributed by atoms with Gasteiger partial charge in [0, 0.05) is 26.5 Å². The van der Waals surface area contributed by atoms with Crippen LogP contribution in [0.5, 0.6) is 0 Å². The number of carbonyl (C=O) groups excluding carboxylic acids is 1. The summed E-state index contributed by atoms with van der Waals surface area (Å²) in [6.07, 6.45) is 6.72. The van der Waals surface area contributed by atoms with Crippen molar-refractivity contribution < 1.29 is 4.79 Å². The van der Waals surface area contributed by atoms with Gasteiger partial charge in [0.15, 0.2) is 0 Å². The quantitative estimate of drug-likeness (QED) is 0.848. The van der Waals surface area contributed by atoms with Crippen LogP contribution in [0, 0.1) is 0 Å². The molecule has 0 saturated carbocycles. The van der Waals surface area contributed by atoms with Crippen LogP contribution in [0.25, 0.3) is 5.69 Å². The Kier molecular flexibility index (Phi) is 3.04. The molecule has 0 spiro atoms. The SMILES string of the molecule is CN(C)C(=O)Nc1cnn(-c2ccncc2)c1. The molecule has 2 amide bonds. The number of carbonyl (C=O) groups is 1. The van der Waals surface area contributed by atoms with Crippen LogP contribution in [-0.2, 0) is 0 Å². The van der Waals surface area contributed by atoms with Crippen LogP contribution in [0.4, 0.5) is 10.5 Å². The zero-order valence-corrected chi connectivity index (χ0v) is 9.66. The minimum absolute atomic E-state index is 0.181. The second-order valence-corrected chi connectivity index (χ2v) is 3.70. The highest BCUT2D eigenvalue weighted by Crippen LogP contribution is 2.10. The Labute approximate surface area is 98.9 Å². The molecule has 1 N–H and O–H groups in total. The number of amides is 2. The third-order valence-corrected chi connectivity index (χ3v) is 2.17. The molecule has 2 heterocycles. The van der Waals surface area contributed by atoms with Crippen LogP contribution in [-0.4, -0.2) is 39.8 Å². The van der Waals surface area contributed by atoms with Crippen molar-refractivity contribution in [1.29, 1.82) is 0 Å². The predicted octanol–water partition coefficient (Wildman–Crippen LogP) is 1.36. The molecule has 2 rings (SSSR count). The van der Waals surface area contributed by atoms with Crippen molar-refractivity contribution in [2.45, 2.75) is 0 Å². The number of aromatic nitrogens is 3. The van der Waals surface area contributed by atoms with Gasteiger partial charge in [0.05, 0.1) is 23.8 Å². The molecule has 0 aliphatic rings. The third-order valence-electron chi connectivity index (χ3n) is 2.17. The first kappa shape index (κ1) is 11.1. The van der Waals surface area contributed by atoms with Crippen LogP contribution >= 0.6 is 0 Å². The first-order valence-electron chi connectivity index (χ1n) is 5.10. The summed E-state index contributed by atoms with van der Waals surface area (Å²) in [5, 5.41) is 6.87. The molecule has 6 nitrogen and oxygen atoms in total. The van der Waals surface area contributed by atoms with E-state index in [9.17, 15) is 4.79 Å². The van der Waals surface area contributed by atoms with Crippen molar-refractivity contribution in [2.75, 3.05) is 19.4 Å². The summed E-state index contributed by atoms with van der Waals surface area (Å²) in [5.74, 6) is 0. The summed E-state index contributed by atoms with van der Waals surface area (Å²) < 4.78 is 1.67. The highest BCUT2D eigenvalue weighted by atomic mass is 16.2. The van der Waals surface area contributed by atoms with Crippen molar-refractivity contribution in [2.24, 2.45) is 0 Å². The van der Waals surface area contributed by atoms with Crippen molar-refractivity contribution in [3.63, 3.8) is 0 Å². The predicted molar refractivity (Wildman–Crippen MR) is 64.1 cm³/mol. The Balaban J connectivity index is 2.14. The van der Waals surface area contributed by atoms with E-state index in [1.807, 2.05) is 12.1 Å². The number of hydrogen-bond acceptors (Lipinski definition) is 3. The van der Waals surface area contributed by atoms with Crippen molar-refractivity contribution in [1.82, 2.24) is 19.7 Å². The molecular formula is C11H13N5O. The zero-order valence-electron chi connectivity index (χ0n) is 9.66. The lowest BCUT2D eigenvalue weighted by molar-refractivity contribution is 0.230. The molecule has 88 valence electrons. The van der Waals surface area contributed by atoms with Gasteiger partial charge >= 0.3 is 6.03 Å². The number of rotatable bonds is 2. The molecule has 2 aromatic heterocycles. The second kappa shape index (κ2) is 4.65. The number of nitrogens with one attached hydrogen (secondary N) is 1. The van der Waals surface area contributed by atoms with E-state index in [4.69, 9.17) is 0 Å². The van der Waals surface area contributed by atoms with Gasteiger partial charge in [-0.3, -0.25) is 4.98 Å². The molecule has 0 aromatic carbocycles. The van der Waals surface area contributed by atoms with Gasteiger partial charge in [-0.2, -0.15) is 5.10 Å². The van der Waals surface area contributed by atoms with Gasteiger partial charge in [-0.05, 0) is 12.1 Å². The fourth-order valence-corrected chi connectivity index (χ4v) is 1.26. The third kappa shape index (κ3) is 2.60. The molecule has 0 unspecified atom stereocenters. The molecule has 2 aromatic rings. The largest absolute Gasteiger partial charge is 0.331 e. The lowest BCUT2D eigenvalue weighted by Gasteiger charge is -2.09. The first-order chi connectivity index (χ1) is 8.16. The molecule has 17 heavy (non-hydrogen) atoms. The summed E-state index contributed by atoms with van der Waals surface area (Å²) in [5.41, 5.74) is 1.55. The highest BCUT2D eigenvalue weighted by molar-refractivity contribution is 5.88. The molecular weight excluding hydrogens is 218 g/mol. The van der Waals surface area contributed by atoms with E-state index in [0.29, 0.717) is 5.69 Å². The number of pyridine rings is 1. The molecule has 0 bridgehead atoms. The monoisotopic (exact) mass is 231 g/mol. The molecule has 0 aliphatic heterocycles. The zero-order chi connectivity index (χ0) is 12.3. The van der Waals surface area contributed by atoms with Crippen LogP contribution in [0.2, 0.25) is 0 Å². The van der Waals surface area contributed by atoms with Crippen LogP contribution < -0.4 is 5.32 Å². The van der Waals surface area contributed by atoms with Gasteiger partial charge in [0.1, 0.15) is 0 Å². The van der Waals surface area contributed by atoms with Gasteiger partial charge in [-0.15, -0.1) is 0 Å². The minimum Gasteiger partial charge on any atom is -0.331 e. The molecule has 0 fully saturated rings. The van der Waals surface area contributed by atoms with Crippen LogP contribution in [0.15, 0.2) is 36.9 Å². The van der Waals surface area contributed by atoms with Gasteiger partial charge in [-0.25, -0.2) is 9.48 Å². The van der Waals surface area contributed by atoms with E-state index in [2.05, 4.69) is 15.4 Å². The van der Waals surface area contributed by atoms with Crippen LogP contribution in [0.3, 0.4) is 0 Å². The number of urea groups is 1. The molecule has 0 radical (unpaired) electrons. The Morgan fingerprint density at radius 1 is 1.35 bits per heavy atom. The summed E-state index contributed by atoms with van der Waals surface area (Å²) in [6, 6.07) is 3.49. The van der Waals surface area contributed by atoms with Crippen molar-refractivity contribution in [3.8, 4) is 5.69 Å². The van der Waals surface area contributed by atoms with Gasteiger partial charge in [0.25, 0.3) is 0 Å². The minimum atomic E-state index is -0.181. The summed E-state index contributed by atoms with van der Waals surface area (Å²) >= 11 is 0. The number of anilines is 1. The second-order valence-electron chi connectivity index (χ2n) is 3.70. The maximum Gasteiger partial charge on any atom is 0.321 e. The maximum atomic E-state index is 11.4. The lowest BCUT2D eigenvalue weighted by atomic mass is 10.4. The Morgan fingerprint density at radius 3 is 2.71 bits per heavy atom. The van der Waals surface area contributed by atoms with Crippen molar-refractivity contribution >= 4 is 11.7 Å². The van der Waals surface area contributed by atoms with E-state index in [-0.39, 0.29) is 6.03 Å². The fourth-order valence-electron chi connectivity index (χ4n) is 1.26. The Bertz CT molecular complexity index is 506. The number of hydrogen-bond donors (Lipinski definition) is 1. The smallest absolute Gasteiger partial charge is 0.321 e. The van der Waals surface area contributed by atoms with E-state index in [0.717, 1.165) is 5.69 Å². The van der Waals surface area contributed by atoms with Gasteiger partial charge in [0.2, 0.25) is 0 Å². The normalized spacial score (nSPS) is 10.0. The van der Waals surface area contributed by atoms with Gasteiger partial charge in [-0.1, -0.05) is 0 Å². The Hall–Kier alpha value is -2.37. The van der Waals surface area contributed by atoms with E-state index < -0.39 is 0 Å². The van der Waals surface area contributed by atoms with E-state index >= 15 is 0 Å². The topological polar surface area (TPSA) is 63.1 Å². The summed E-state index contributed by atoms with van der Waals surface area (Å²) in [6.45, 7) is 0. The molecule has 0 aliphatic carbocycles. The molecule has 0 saturated heterocycles. The van der Waals surface area contributed by atoms with Gasteiger partial charge < -0.3 is 10.2 Å². The highest BCUT2D eigenvalue weighted by Gasteiger charge is 2.06. The average Bonchev–Trinajstić information content (AvgIpc) is 2.78.